The van der Waals surface area contributed by atoms with Gasteiger partial charge < -0.3 is 14.6 Å². The van der Waals surface area contributed by atoms with Gasteiger partial charge in [0.15, 0.2) is 0 Å². The van der Waals surface area contributed by atoms with Crippen LogP contribution in [0.1, 0.15) is 23.3 Å². The molecular formula is C12H14F2N2O3. The number of halogens is 2. The summed E-state index contributed by atoms with van der Waals surface area (Å²) < 4.78 is 25.9. The van der Waals surface area contributed by atoms with Crippen molar-refractivity contribution >= 4 is 11.9 Å². The largest absolute Gasteiger partial charge is 0.480 e. The summed E-state index contributed by atoms with van der Waals surface area (Å²) in [6, 6.07) is 2.08. The van der Waals surface area contributed by atoms with Crippen LogP contribution in [0.4, 0.5) is 8.78 Å². The Morgan fingerprint density at radius 3 is 2.84 bits per heavy atom. The third-order valence-electron chi connectivity index (χ3n) is 3.18. The van der Waals surface area contributed by atoms with Gasteiger partial charge in [-0.3, -0.25) is 4.79 Å². The number of alkyl halides is 2. The standard InChI is InChI=1S/C12H14F2N2O3/c13-10(14)7-15-5-1-3-8(15)11(17)16-6-2-4-9(16)12(18)19/h1,3,5,9-10H,2,4,6-7H2,(H,18,19)/t9-/m0/s1. The van der Waals surface area contributed by atoms with E-state index in [2.05, 4.69) is 0 Å². The van der Waals surface area contributed by atoms with E-state index in [-0.39, 0.29) is 5.69 Å². The van der Waals surface area contributed by atoms with Crippen molar-refractivity contribution < 1.29 is 23.5 Å². The Bertz CT molecular complexity index is 487. The zero-order valence-corrected chi connectivity index (χ0v) is 10.1. The number of likely N-dealkylation sites (tertiary alicyclic amines) is 1. The van der Waals surface area contributed by atoms with Crippen LogP contribution in [0, 0.1) is 0 Å². The average molecular weight is 272 g/mol. The van der Waals surface area contributed by atoms with Gasteiger partial charge in [0.05, 0.1) is 6.54 Å². The van der Waals surface area contributed by atoms with E-state index in [1.54, 1.807) is 0 Å². The molecule has 1 aromatic heterocycles. The number of nitrogens with zero attached hydrogens (tertiary/aromatic N) is 2. The topological polar surface area (TPSA) is 62.5 Å². The molecule has 1 aliphatic rings. The SMILES string of the molecule is O=C(O)[C@@H]1CCCN1C(=O)c1cccn1CC(F)F. The zero-order chi connectivity index (χ0) is 14.0. The average Bonchev–Trinajstić information content (AvgIpc) is 2.94. The molecule has 0 spiro atoms. The van der Waals surface area contributed by atoms with Crippen molar-refractivity contribution in [3.05, 3.63) is 24.0 Å². The van der Waals surface area contributed by atoms with Gasteiger partial charge in [-0.2, -0.15) is 0 Å². The highest BCUT2D eigenvalue weighted by atomic mass is 19.3. The van der Waals surface area contributed by atoms with E-state index in [9.17, 15) is 18.4 Å². The number of amides is 1. The van der Waals surface area contributed by atoms with Crippen molar-refractivity contribution in [3.8, 4) is 0 Å². The van der Waals surface area contributed by atoms with Gasteiger partial charge in [0.1, 0.15) is 11.7 Å². The molecule has 0 radical (unpaired) electrons. The highest BCUT2D eigenvalue weighted by Gasteiger charge is 2.35. The second-order valence-electron chi connectivity index (χ2n) is 4.43. The highest BCUT2D eigenvalue weighted by molar-refractivity contribution is 5.95. The van der Waals surface area contributed by atoms with Crippen molar-refractivity contribution in [2.24, 2.45) is 0 Å². The molecule has 1 saturated heterocycles. The summed E-state index contributed by atoms with van der Waals surface area (Å²) >= 11 is 0. The maximum Gasteiger partial charge on any atom is 0.326 e. The normalized spacial score (nSPS) is 19.1. The summed E-state index contributed by atoms with van der Waals surface area (Å²) in [5.41, 5.74) is 0.105. The molecule has 0 aromatic carbocycles. The first-order valence-corrected chi connectivity index (χ1v) is 5.97. The molecule has 5 nitrogen and oxygen atoms in total. The van der Waals surface area contributed by atoms with E-state index in [4.69, 9.17) is 5.11 Å². The second kappa shape index (κ2) is 5.38. The van der Waals surface area contributed by atoms with Crippen molar-refractivity contribution in [2.45, 2.75) is 31.9 Å². The Morgan fingerprint density at radius 1 is 1.47 bits per heavy atom. The lowest BCUT2D eigenvalue weighted by Gasteiger charge is -2.22. The number of carboxylic acids is 1. The summed E-state index contributed by atoms with van der Waals surface area (Å²) in [4.78, 5) is 24.5. The van der Waals surface area contributed by atoms with Crippen LogP contribution in [-0.4, -0.2) is 45.5 Å². The molecule has 1 amide bonds. The van der Waals surface area contributed by atoms with Gasteiger partial charge in [-0.25, -0.2) is 13.6 Å². The molecular weight excluding hydrogens is 258 g/mol. The fourth-order valence-corrected chi connectivity index (χ4v) is 2.33. The predicted molar refractivity (Wildman–Crippen MR) is 62.1 cm³/mol. The van der Waals surface area contributed by atoms with Crippen LogP contribution in [-0.2, 0) is 11.3 Å². The van der Waals surface area contributed by atoms with Crippen molar-refractivity contribution in [1.82, 2.24) is 9.47 Å². The van der Waals surface area contributed by atoms with E-state index in [1.165, 1.54) is 23.2 Å². The molecule has 1 fully saturated rings. The quantitative estimate of drug-likeness (QED) is 0.902. The Hall–Kier alpha value is -1.92. The number of rotatable bonds is 4. The van der Waals surface area contributed by atoms with E-state index < -0.39 is 30.9 Å². The first-order chi connectivity index (χ1) is 9.00. The van der Waals surface area contributed by atoms with Crippen molar-refractivity contribution in [1.29, 1.82) is 0 Å². The summed E-state index contributed by atoms with van der Waals surface area (Å²) in [5, 5.41) is 9.02. The van der Waals surface area contributed by atoms with Crippen molar-refractivity contribution in [2.75, 3.05) is 6.54 Å². The number of aliphatic carboxylic acids is 1. The Labute approximate surface area is 108 Å². The maximum atomic E-state index is 12.4. The lowest BCUT2D eigenvalue weighted by molar-refractivity contribution is -0.141. The molecule has 0 aliphatic carbocycles. The maximum absolute atomic E-state index is 12.4. The minimum Gasteiger partial charge on any atom is -0.480 e. The molecule has 2 rings (SSSR count). The fraction of sp³-hybridized carbons (Fsp3) is 0.500. The fourth-order valence-electron chi connectivity index (χ4n) is 2.33. The Balaban J connectivity index is 2.20. The summed E-state index contributed by atoms with van der Waals surface area (Å²) in [5.74, 6) is -1.56. The van der Waals surface area contributed by atoms with Crippen LogP contribution in [0.3, 0.4) is 0 Å². The first-order valence-electron chi connectivity index (χ1n) is 5.97. The highest BCUT2D eigenvalue weighted by Crippen LogP contribution is 2.21. The van der Waals surface area contributed by atoms with E-state index in [1.807, 2.05) is 0 Å². The first kappa shape index (κ1) is 13.5. The summed E-state index contributed by atoms with van der Waals surface area (Å²) in [6.07, 6.45) is -0.159. The molecule has 1 N–H and O–H groups in total. The van der Waals surface area contributed by atoms with Crippen LogP contribution in [0.15, 0.2) is 18.3 Å². The van der Waals surface area contributed by atoms with Crippen LogP contribution in [0.25, 0.3) is 0 Å². The molecule has 1 aromatic rings. The number of carbonyl (C=O) groups excluding carboxylic acids is 1. The molecule has 7 heteroatoms. The van der Waals surface area contributed by atoms with Crippen LogP contribution in [0.5, 0.6) is 0 Å². The number of carbonyl (C=O) groups is 2. The van der Waals surface area contributed by atoms with Crippen LogP contribution < -0.4 is 0 Å². The Kier molecular flexibility index (Phi) is 3.82. The molecule has 0 unspecified atom stereocenters. The monoisotopic (exact) mass is 272 g/mol. The summed E-state index contributed by atoms with van der Waals surface area (Å²) in [7, 11) is 0. The molecule has 0 saturated carbocycles. The lowest BCUT2D eigenvalue weighted by atomic mass is 10.2. The molecule has 1 aliphatic heterocycles. The number of hydrogen-bond acceptors (Lipinski definition) is 2. The number of carboxylic acid groups (broad SMARTS) is 1. The van der Waals surface area contributed by atoms with E-state index >= 15 is 0 Å². The van der Waals surface area contributed by atoms with Gasteiger partial charge in [0.25, 0.3) is 12.3 Å². The third kappa shape index (κ3) is 2.74. The molecule has 0 bridgehead atoms. The van der Waals surface area contributed by atoms with Crippen molar-refractivity contribution in [3.63, 3.8) is 0 Å². The lowest BCUT2D eigenvalue weighted by Crippen LogP contribution is -2.41. The van der Waals surface area contributed by atoms with Crippen LogP contribution in [0.2, 0.25) is 0 Å². The van der Waals surface area contributed by atoms with Gasteiger partial charge in [-0.05, 0) is 25.0 Å². The minimum absolute atomic E-state index is 0.105. The molecule has 2 heterocycles. The predicted octanol–water partition coefficient (Wildman–Crippen LogP) is 1.44. The van der Waals surface area contributed by atoms with E-state index in [0.29, 0.717) is 19.4 Å². The molecule has 19 heavy (non-hydrogen) atoms. The zero-order valence-electron chi connectivity index (χ0n) is 10.1. The van der Waals surface area contributed by atoms with Gasteiger partial charge in [-0.1, -0.05) is 0 Å². The van der Waals surface area contributed by atoms with Crippen LogP contribution >= 0.6 is 0 Å². The van der Waals surface area contributed by atoms with Gasteiger partial charge >= 0.3 is 5.97 Å². The molecule has 1 atom stereocenters. The molecule has 104 valence electrons. The number of aromatic nitrogens is 1. The smallest absolute Gasteiger partial charge is 0.326 e. The second-order valence-corrected chi connectivity index (χ2v) is 4.43. The van der Waals surface area contributed by atoms with Gasteiger partial charge in [0, 0.05) is 12.7 Å². The van der Waals surface area contributed by atoms with E-state index in [0.717, 1.165) is 4.57 Å². The number of hydrogen-bond donors (Lipinski definition) is 1. The third-order valence-corrected chi connectivity index (χ3v) is 3.18. The van der Waals surface area contributed by atoms with Gasteiger partial charge in [0.2, 0.25) is 0 Å². The minimum atomic E-state index is -2.56. The summed E-state index contributed by atoms with van der Waals surface area (Å²) in [6.45, 7) is -0.227. The van der Waals surface area contributed by atoms with Gasteiger partial charge in [-0.15, -0.1) is 0 Å². The Morgan fingerprint density at radius 2 is 2.21 bits per heavy atom.